The molecule has 4 heteroatoms. The molecule has 1 unspecified atom stereocenters. The van der Waals surface area contributed by atoms with Crippen LogP contribution in [0.3, 0.4) is 0 Å². The van der Waals surface area contributed by atoms with Crippen LogP contribution in [-0.4, -0.2) is 35.2 Å². The van der Waals surface area contributed by atoms with Gasteiger partial charge in [0.25, 0.3) is 0 Å². The van der Waals surface area contributed by atoms with Gasteiger partial charge in [0.1, 0.15) is 0 Å². The van der Waals surface area contributed by atoms with Crippen molar-refractivity contribution in [1.82, 2.24) is 10.6 Å². The molecule has 20 heavy (non-hydrogen) atoms. The van der Waals surface area contributed by atoms with E-state index >= 15 is 0 Å². The average Bonchev–Trinajstić information content (AvgIpc) is 2.90. The third-order valence-electron chi connectivity index (χ3n) is 5.14. The van der Waals surface area contributed by atoms with Crippen molar-refractivity contribution in [3.05, 3.63) is 0 Å². The van der Waals surface area contributed by atoms with Gasteiger partial charge in [-0.05, 0) is 57.4 Å². The third kappa shape index (κ3) is 3.53. The van der Waals surface area contributed by atoms with Crippen molar-refractivity contribution in [2.45, 2.75) is 76.4 Å². The van der Waals surface area contributed by atoms with E-state index in [0.29, 0.717) is 12.5 Å². The molecule has 0 aromatic carbocycles. The van der Waals surface area contributed by atoms with Crippen molar-refractivity contribution in [1.29, 1.82) is 0 Å². The van der Waals surface area contributed by atoms with Crippen molar-refractivity contribution >= 4 is 5.91 Å². The SMILES string of the molecule is CCCC1(C(=O)NCC2(O)CCC(C)CC2)CCCN1. The quantitative estimate of drug-likeness (QED) is 0.722. The van der Waals surface area contributed by atoms with Gasteiger partial charge < -0.3 is 15.7 Å². The van der Waals surface area contributed by atoms with Gasteiger partial charge in [-0.25, -0.2) is 0 Å². The van der Waals surface area contributed by atoms with Crippen LogP contribution in [0.1, 0.15) is 65.2 Å². The van der Waals surface area contributed by atoms with Gasteiger partial charge in [-0.1, -0.05) is 20.3 Å². The average molecular weight is 282 g/mol. The normalized spacial score (nSPS) is 37.9. The van der Waals surface area contributed by atoms with Crippen molar-refractivity contribution in [2.75, 3.05) is 13.1 Å². The Kier molecular flexibility index (Phi) is 5.08. The molecule has 1 atom stereocenters. The van der Waals surface area contributed by atoms with E-state index in [1.54, 1.807) is 0 Å². The summed E-state index contributed by atoms with van der Waals surface area (Å²) in [5, 5.41) is 17.0. The van der Waals surface area contributed by atoms with E-state index in [0.717, 1.165) is 57.9 Å². The summed E-state index contributed by atoms with van der Waals surface area (Å²) in [6, 6.07) is 0. The number of hydrogen-bond acceptors (Lipinski definition) is 3. The number of amides is 1. The topological polar surface area (TPSA) is 61.4 Å². The van der Waals surface area contributed by atoms with Crippen LogP contribution in [0.15, 0.2) is 0 Å². The number of rotatable bonds is 5. The Balaban J connectivity index is 1.87. The zero-order valence-corrected chi connectivity index (χ0v) is 13.0. The molecule has 2 rings (SSSR count). The van der Waals surface area contributed by atoms with Crippen molar-refractivity contribution in [3.63, 3.8) is 0 Å². The standard InChI is InChI=1S/C16H30N2O2/c1-3-7-16(8-4-11-18-16)14(19)17-12-15(20)9-5-13(2)6-10-15/h13,18,20H,3-12H2,1-2H3,(H,17,19). The highest BCUT2D eigenvalue weighted by atomic mass is 16.3. The molecule has 2 fully saturated rings. The second kappa shape index (κ2) is 6.44. The number of aliphatic hydroxyl groups is 1. The molecule has 1 aliphatic heterocycles. The lowest BCUT2D eigenvalue weighted by Gasteiger charge is -2.36. The largest absolute Gasteiger partial charge is 0.388 e. The van der Waals surface area contributed by atoms with Crippen LogP contribution in [0.25, 0.3) is 0 Å². The van der Waals surface area contributed by atoms with Gasteiger partial charge in [-0.3, -0.25) is 4.79 Å². The molecule has 0 bridgehead atoms. The Morgan fingerprint density at radius 1 is 1.35 bits per heavy atom. The van der Waals surface area contributed by atoms with E-state index in [-0.39, 0.29) is 11.4 Å². The van der Waals surface area contributed by atoms with Crippen LogP contribution in [-0.2, 0) is 4.79 Å². The molecule has 116 valence electrons. The maximum Gasteiger partial charge on any atom is 0.240 e. The molecule has 1 heterocycles. The lowest BCUT2D eigenvalue weighted by Crippen LogP contribution is -2.56. The minimum absolute atomic E-state index is 0.0869. The first-order valence-corrected chi connectivity index (χ1v) is 8.25. The fourth-order valence-corrected chi connectivity index (χ4v) is 3.64. The van der Waals surface area contributed by atoms with Gasteiger partial charge in [0.15, 0.2) is 0 Å². The van der Waals surface area contributed by atoms with Crippen molar-refractivity contribution < 1.29 is 9.90 Å². The molecular weight excluding hydrogens is 252 g/mol. The molecular formula is C16H30N2O2. The summed E-state index contributed by atoms with van der Waals surface area (Å²) >= 11 is 0. The summed E-state index contributed by atoms with van der Waals surface area (Å²) in [6.07, 6.45) is 7.61. The number of carbonyl (C=O) groups is 1. The summed E-state index contributed by atoms with van der Waals surface area (Å²) in [5.74, 6) is 0.790. The minimum atomic E-state index is -0.686. The van der Waals surface area contributed by atoms with Crippen LogP contribution in [0.5, 0.6) is 0 Å². The van der Waals surface area contributed by atoms with Crippen molar-refractivity contribution in [3.8, 4) is 0 Å². The Hall–Kier alpha value is -0.610. The molecule has 0 radical (unpaired) electrons. The Labute approximate surface area is 122 Å². The van der Waals surface area contributed by atoms with E-state index in [2.05, 4.69) is 24.5 Å². The van der Waals surface area contributed by atoms with E-state index < -0.39 is 5.60 Å². The van der Waals surface area contributed by atoms with Crippen LogP contribution in [0, 0.1) is 5.92 Å². The Bertz CT molecular complexity index is 329. The van der Waals surface area contributed by atoms with Gasteiger partial charge in [0, 0.05) is 6.54 Å². The molecule has 1 saturated heterocycles. The second-order valence-corrected chi connectivity index (χ2v) is 6.95. The smallest absolute Gasteiger partial charge is 0.240 e. The first kappa shape index (κ1) is 15.8. The fourth-order valence-electron chi connectivity index (χ4n) is 3.64. The predicted molar refractivity (Wildman–Crippen MR) is 80.5 cm³/mol. The van der Waals surface area contributed by atoms with Crippen LogP contribution in [0.4, 0.5) is 0 Å². The summed E-state index contributed by atoms with van der Waals surface area (Å²) < 4.78 is 0. The molecule has 1 amide bonds. The fraction of sp³-hybridized carbons (Fsp3) is 0.938. The van der Waals surface area contributed by atoms with Crippen LogP contribution in [0.2, 0.25) is 0 Å². The molecule has 1 aliphatic carbocycles. The van der Waals surface area contributed by atoms with Crippen LogP contribution < -0.4 is 10.6 Å². The maximum absolute atomic E-state index is 12.5. The monoisotopic (exact) mass is 282 g/mol. The van der Waals surface area contributed by atoms with Crippen LogP contribution >= 0.6 is 0 Å². The zero-order valence-electron chi connectivity index (χ0n) is 13.0. The molecule has 0 aromatic rings. The molecule has 3 N–H and O–H groups in total. The number of nitrogens with one attached hydrogen (secondary N) is 2. The summed E-state index contributed by atoms with van der Waals surface area (Å²) in [4.78, 5) is 12.5. The van der Waals surface area contributed by atoms with E-state index in [1.807, 2.05) is 0 Å². The summed E-state index contributed by atoms with van der Waals surface area (Å²) in [7, 11) is 0. The lowest BCUT2D eigenvalue weighted by molar-refractivity contribution is -0.129. The van der Waals surface area contributed by atoms with Gasteiger partial charge in [0.05, 0.1) is 11.1 Å². The summed E-state index contributed by atoms with van der Waals surface area (Å²) in [6.45, 7) is 5.68. The van der Waals surface area contributed by atoms with Crippen molar-refractivity contribution in [2.24, 2.45) is 5.92 Å². The first-order valence-electron chi connectivity index (χ1n) is 8.25. The highest BCUT2D eigenvalue weighted by Gasteiger charge is 2.41. The number of carbonyl (C=O) groups excluding carboxylic acids is 1. The lowest BCUT2D eigenvalue weighted by atomic mass is 9.79. The zero-order chi connectivity index (χ0) is 14.6. The first-order chi connectivity index (χ1) is 9.50. The highest BCUT2D eigenvalue weighted by molar-refractivity contribution is 5.86. The van der Waals surface area contributed by atoms with Gasteiger partial charge in [0.2, 0.25) is 5.91 Å². The Morgan fingerprint density at radius 3 is 2.60 bits per heavy atom. The Morgan fingerprint density at radius 2 is 2.05 bits per heavy atom. The van der Waals surface area contributed by atoms with Gasteiger partial charge in [-0.2, -0.15) is 0 Å². The minimum Gasteiger partial charge on any atom is -0.388 e. The second-order valence-electron chi connectivity index (χ2n) is 6.95. The van der Waals surface area contributed by atoms with E-state index in [1.165, 1.54) is 0 Å². The van der Waals surface area contributed by atoms with Gasteiger partial charge >= 0.3 is 0 Å². The molecule has 0 aromatic heterocycles. The molecule has 2 aliphatic rings. The third-order valence-corrected chi connectivity index (χ3v) is 5.14. The molecule has 1 saturated carbocycles. The molecule has 4 nitrogen and oxygen atoms in total. The highest BCUT2D eigenvalue weighted by Crippen LogP contribution is 2.32. The number of hydrogen-bond donors (Lipinski definition) is 3. The maximum atomic E-state index is 12.5. The van der Waals surface area contributed by atoms with E-state index in [9.17, 15) is 9.90 Å². The predicted octanol–water partition coefficient (Wildman–Crippen LogP) is 1.97. The van der Waals surface area contributed by atoms with E-state index in [4.69, 9.17) is 0 Å². The molecule has 0 spiro atoms. The van der Waals surface area contributed by atoms with Gasteiger partial charge in [-0.15, -0.1) is 0 Å². The summed E-state index contributed by atoms with van der Waals surface area (Å²) in [5.41, 5.74) is -1.07.